The molecule has 9 heteroatoms. The third-order valence-electron chi connectivity index (χ3n) is 6.19. The molecule has 0 aliphatic carbocycles. The second kappa shape index (κ2) is 10.5. The highest BCUT2D eigenvalue weighted by Gasteiger charge is 2.26. The molecule has 0 atom stereocenters. The number of thiazole rings is 1. The van der Waals surface area contributed by atoms with Crippen molar-refractivity contribution >= 4 is 55.2 Å². The molecule has 0 N–H and O–H groups in total. The molecule has 0 unspecified atom stereocenters. The van der Waals surface area contributed by atoms with Gasteiger partial charge in [-0.2, -0.15) is 0 Å². The standard InChI is InChI=1S/C26H28ClN3O4S/c1-3-33-20-7-4-6-18-16-21(34-24(18)20)25(31)30(11-5-10-29-12-14-32-15-13-29)26-28-23-17(2)19(27)8-9-22(23)35-26/h4,6-9,16H,3,5,10-15H2,1-2H3. The highest BCUT2D eigenvalue weighted by Crippen LogP contribution is 2.35. The first-order chi connectivity index (χ1) is 17.0. The van der Waals surface area contributed by atoms with Gasteiger partial charge in [-0.05, 0) is 50.1 Å². The first kappa shape index (κ1) is 24.1. The lowest BCUT2D eigenvalue weighted by molar-refractivity contribution is 0.0376. The Bertz CT molecular complexity index is 1350. The highest BCUT2D eigenvalue weighted by molar-refractivity contribution is 7.22. The fourth-order valence-electron chi connectivity index (χ4n) is 4.31. The first-order valence-electron chi connectivity index (χ1n) is 11.9. The lowest BCUT2D eigenvalue weighted by atomic mass is 10.2. The number of para-hydroxylation sites is 1. The number of aromatic nitrogens is 1. The predicted molar refractivity (Wildman–Crippen MR) is 140 cm³/mol. The van der Waals surface area contributed by atoms with Crippen LogP contribution in [0.25, 0.3) is 21.2 Å². The Morgan fingerprint density at radius 1 is 1.26 bits per heavy atom. The zero-order valence-corrected chi connectivity index (χ0v) is 21.5. The number of amides is 1. The minimum absolute atomic E-state index is 0.214. The van der Waals surface area contributed by atoms with Crippen LogP contribution in [0.3, 0.4) is 0 Å². The summed E-state index contributed by atoms with van der Waals surface area (Å²) in [4.78, 5) is 22.7. The molecule has 0 saturated carbocycles. The maximum Gasteiger partial charge on any atom is 0.295 e. The molecular formula is C26H28ClN3O4S. The van der Waals surface area contributed by atoms with Crippen LogP contribution < -0.4 is 9.64 Å². The second-order valence-corrected chi connectivity index (χ2v) is 9.91. The van der Waals surface area contributed by atoms with Gasteiger partial charge in [0.1, 0.15) is 0 Å². The SMILES string of the molecule is CCOc1cccc2cc(C(=O)N(CCCN3CCOCC3)c3nc4c(C)c(Cl)ccc4s3)oc12. The molecular weight excluding hydrogens is 486 g/mol. The molecule has 1 aliphatic rings. The Kier molecular flexibility index (Phi) is 7.24. The van der Waals surface area contributed by atoms with E-state index in [1.807, 2.05) is 44.2 Å². The first-order valence-corrected chi connectivity index (χ1v) is 13.1. The maximum absolute atomic E-state index is 13.8. The third-order valence-corrected chi connectivity index (χ3v) is 7.64. The zero-order chi connectivity index (χ0) is 24.4. The Labute approximate surface area is 213 Å². The highest BCUT2D eigenvalue weighted by atomic mass is 35.5. The molecule has 0 bridgehead atoms. The Morgan fingerprint density at radius 3 is 2.89 bits per heavy atom. The average Bonchev–Trinajstić information content (AvgIpc) is 3.50. The Morgan fingerprint density at radius 2 is 2.09 bits per heavy atom. The minimum atomic E-state index is -0.214. The summed E-state index contributed by atoms with van der Waals surface area (Å²) in [6.07, 6.45) is 0.811. The van der Waals surface area contributed by atoms with E-state index in [2.05, 4.69) is 4.90 Å². The Balaban J connectivity index is 1.46. The number of carbonyl (C=O) groups is 1. The molecule has 0 spiro atoms. The fraction of sp³-hybridized carbons (Fsp3) is 0.385. The molecule has 7 nitrogen and oxygen atoms in total. The van der Waals surface area contributed by atoms with Crippen LogP contribution in [0.4, 0.5) is 5.13 Å². The second-order valence-electron chi connectivity index (χ2n) is 8.50. The molecule has 1 aliphatic heterocycles. The summed E-state index contributed by atoms with van der Waals surface area (Å²) in [5.41, 5.74) is 2.32. The molecule has 0 radical (unpaired) electrons. The molecule has 1 fully saturated rings. The normalized spacial score (nSPS) is 14.6. The molecule has 35 heavy (non-hydrogen) atoms. The van der Waals surface area contributed by atoms with Crippen molar-refractivity contribution in [2.24, 2.45) is 0 Å². The van der Waals surface area contributed by atoms with Gasteiger partial charge < -0.3 is 13.9 Å². The van der Waals surface area contributed by atoms with Gasteiger partial charge in [0.05, 0.1) is 30.0 Å². The molecule has 3 heterocycles. The van der Waals surface area contributed by atoms with Gasteiger partial charge in [-0.25, -0.2) is 4.98 Å². The van der Waals surface area contributed by atoms with Crippen LogP contribution in [0.2, 0.25) is 5.02 Å². The van der Waals surface area contributed by atoms with Crippen molar-refractivity contribution in [2.45, 2.75) is 20.3 Å². The largest absolute Gasteiger partial charge is 0.490 e. The van der Waals surface area contributed by atoms with Crippen molar-refractivity contribution in [3.63, 3.8) is 0 Å². The van der Waals surface area contributed by atoms with Crippen LogP contribution in [0.1, 0.15) is 29.5 Å². The number of aryl methyl sites for hydroxylation is 1. The molecule has 184 valence electrons. The number of hydrogen-bond acceptors (Lipinski definition) is 7. The van der Waals surface area contributed by atoms with E-state index in [1.54, 1.807) is 11.0 Å². The number of anilines is 1. The predicted octanol–water partition coefficient (Wildman–Crippen LogP) is 5.77. The van der Waals surface area contributed by atoms with Crippen LogP contribution in [0.5, 0.6) is 5.75 Å². The van der Waals surface area contributed by atoms with Crippen molar-refractivity contribution in [3.05, 3.63) is 52.7 Å². The van der Waals surface area contributed by atoms with E-state index >= 15 is 0 Å². The number of fused-ring (bicyclic) bond motifs is 2. The van der Waals surface area contributed by atoms with Gasteiger partial charge >= 0.3 is 0 Å². The van der Waals surface area contributed by atoms with E-state index in [9.17, 15) is 4.79 Å². The van der Waals surface area contributed by atoms with Crippen molar-refractivity contribution in [1.82, 2.24) is 9.88 Å². The van der Waals surface area contributed by atoms with Gasteiger partial charge in [0.2, 0.25) is 0 Å². The summed E-state index contributed by atoms with van der Waals surface area (Å²) >= 11 is 7.82. The van der Waals surface area contributed by atoms with E-state index < -0.39 is 0 Å². The number of benzene rings is 2. The van der Waals surface area contributed by atoms with E-state index in [-0.39, 0.29) is 11.7 Å². The van der Waals surface area contributed by atoms with E-state index in [0.717, 1.165) is 60.4 Å². The van der Waals surface area contributed by atoms with Gasteiger partial charge in [-0.3, -0.25) is 14.6 Å². The number of rotatable bonds is 8. The number of furan rings is 1. The molecule has 4 aromatic rings. The van der Waals surface area contributed by atoms with Crippen molar-refractivity contribution < 1.29 is 18.7 Å². The molecule has 1 saturated heterocycles. The van der Waals surface area contributed by atoms with Crippen LogP contribution in [-0.2, 0) is 4.74 Å². The maximum atomic E-state index is 13.8. The van der Waals surface area contributed by atoms with E-state index in [4.69, 9.17) is 30.5 Å². The monoisotopic (exact) mass is 513 g/mol. The topological polar surface area (TPSA) is 68.0 Å². The van der Waals surface area contributed by atoms with Crippen LogP contribution >= 0.6 is 22.9 Å². The van der Waals surface area contributed by atoms with Crippen LogP contribution in [0.15, 0.2) is 40.8 Å². The number of nitrogens with zero attached hydrogens (tertiary/aromatic N) is 3. The fourth-order valence-corrected chi connectivity index (χ4v) is 5.51. The number of morpholine rings is 1. The quantitative estimate of drug-likeness (QED) is 0.298. The van der Waals surface area contributed by atoms with Crippen molar-refractivity contribution in [2.75, 3.05) is 50.9 Å². The van der Waals surface area contributed by atoms with Gasteiger partial charge in [-0.15, -0.1) is 0 Å². The van der Waals surface area contributed by atoms with Gasteiger partial charge in [0, 0.05) is 36.6 Å². The number of ether oxygens (including phenoxy) is 2. The molecule has 1 amide bonds. The number of carbonyl (C=O) groups excluding carboxylic acids is 1. The summed E-state index contributed by atoms with van der Waals surface area (Å²) in [5, 5.41) is 2.14. The average molecular weight is 514 g/mol. The van der Waals surface area contributed by atoms with Crippen LogP contribution in [0, 0.1) is 6.92 Å². The summed E-state index contributed by atoms with van der Waals surface area (Å²) in [6.45, 7) is 9.13. The molecule has 5 rings (SSSR count). The molecule has 2 aromatic heterocycles. The summed E-state index contributed by atoms with van der Waals surface area (Å²) in [7, 11) is 0. The summed E-state index contributed by atoms with van der Waals surface area (Å²) in [5.74, 6) is 0.689. The summed E-state index contributed by atoms with van der Waals surface area (Å²) in [6, 6.07) is 11.3. The van der Waals surface area contributed by atoms with Crippen molar-refractivity contribution in [3.8, 4) is 5.75 Å². The summed E-state index contributed by atoms with van der Waals surface area (Å²) < 4.78 is 18.2. The van der Waals surface area contributed by atoms with Gasteiger partial charge in [0.15, 0.2) is 22.2 Å². The number of hydrogen-bond donors (Lipinski definition) is 0. The lowest BCUT2D eigenvalue weighted by Gasteiger charge is -2.27. The van der Waals surface area contributed by atoms with Crippen molar-refractivity contribution in [1.29, 1.82) is 0 Å². The smallest absolute Gasteiger partial charge is 0.295 e. The zero-order valence-electron chi connectivity index (χ0n) is 19.9. The Hall–Kier alpha value is -2.65. The number of halogens is 1. The van der Waals surface area contributed by atoms with Crippen LogP contribution in [-0.4, -0.2) is 61.8 Å². The van der Waals surface area contributed by atoms with Gasteiger partial charge in [-0.1, -0.05) is 35.1 Å². The third kappa shape index (κ3) is 5.02. The minimum Gasteiger partial charge on any atom is -0.490 e. The lowest BCUT2D eigenvalue weighted by Crippen LogP contribution is -2.39. The van der Waals surface area contributed by atoms with Gasteiger partial charge in [0.25, 0.3) is 5.91 Å². The van der Waals surface area contributed by atoms with E-state index in [1.165, 1.54) is 11.3 Å². The van der Waals surface area contributed by atoms with E-state index in [0.29, 0.717) is 34.6 Å². The molecule has 2 aromatic carbocycles.